The fourth-order valence-corrected chi connectivity index (χ4v) is 2.87. The molecular formula is C15H21N5O3S. The first-order valence-corrected chi connectivity index (χ1v) is 8.31. The average molecular weight is 351 g/mol. The zero-order valence-corrected chi connectivity index (χ0v) is 15.1. The summed E-state index contributed by atoms with van der Waals surface area (Å²) in [5.74, 6) is 1.02. The molecule has 0 saturated carbocycles. The van der Waals surface area contributed by atoms with E-state index in [0.717, 1.165) is 0 Å². The summed E-state index contributed by atoms with van der Waals surface area (Å²) < 4.78 is 12.1. The zero-order valence-electron chi connectivity index (χ0n) is 14.3. The van der Waals surface area contributed by atoms with Crippen molar-refractivity contribution < 1.29 is 14.3 Å². The van der Waals surface area contributed by atoms with Crippen LogP contribution in [0.1, 0.15) is 26.8 Å². The second kappa shape index (κ2) is 8.00. The molecule has 0 radical (unpaired) electrons. The maximum absolute atomic E-state index is 12.5. The molecule has 9 heteroatoms. The Morgan fingerprint density at radius 1 is 1.25 bits per heavy atom. The SMILES string of the molecule is COc1ccc(OC)c(NC(=O)C(C)Sc2nnnn2C(C)C)c1. The van der Waals surface area contributed by atoms with Crippen molar-refractivity contribution in [1.82, 2.24) is 20.2 Å². The largest absolute Gasteiger partial charge is 0.497 e. The molecule has 1 atom stereocenters. The number of carbonyl (C=O) groups excluding carboxylic acids is 1. The van der Waals surface area contributed by atoms with Crippen molar-refractivity contribution in [2.24, 2.45) is 0 Å². The first-order chi connectivity index (χ1) is 11.5. The quantitative estimate of drug-likeness (QED) is 0.766. The van der Waals surface area contributed by atoms with E-state index in [1.807, 2.05) is 13.8 Å². The number of hydrogen-bond acceptors (Lipinski definition) is 7. The van der Waals surface area contributed by atoms with E-state index in [4.69, 9.17) is 9.47 Å². The lowest BCUT2D eigenvalue weighted by atomic mass is 10.2. The number of tetrazole rings is 1. The van der Waals surface area contributed by atoms with Gasteiger partial charge < -0.3 is 14.8 Å². The van der Waals surface area contributed by atoms with Gasteiger partial charge in [0.1, 0.15) is 11.5 Å². The number of carbonyl (C=O) groups is 1. The van der Waals surface area contributed by atoms with Gasteiger partial charge in [0.25, 0.3) is 0 Å². The first kappa shape index (κ1) is 18.1. The number of ether oxygens (including phenoxy) is 2. The van der Waals surface area contributed by atoms with Gasteiger partial charge in [0.15, 0.2) is 0 Å². The lowest BCUT2D eigenvalue weighted by molar-refractivity contribution is -0.115. The number of amides is 1. The zero-order chi connectivity index (χ0) is 17.7. The maximum atomic E-state index is 12.5. The second-order valence-corrected chi connectivity index (χ2v) is 6.62. The van der Waals surface area contributed by atoms with Crippen molar-refractivity contribution in [2.75, 3.05) is 19.5 Å². The highest BCUT2D eigenvalue weighted by molar-refractivity contribution is 8.00. The van der Waals surface area contributed by atoms with E-state index in [2.05, 4.69) is 20.8 Å². The molecule has 0 saturated heterocycles. The summed E-state index contributed by atoms with van der Waals surface area (Å²) in [4.78, 5) is 12.5. The molecule has 2 rings (SSSR count). The van der Waals surface area contributed by atoms with Gasteiger partial charge in [-0.25, -0.2) is 4.68 Å². The number of anilines is 1. The van der Waals surface area contributed by atoms with Gasteiger partial charge in [0, 0.05) is 6.07 Å². The molecule has 0 spiro atoms. The average Bonchev–Trinajstić information content (AvgIpc) is 3.03. The molecule has 24 heavy (non-hydrogen) atoms. The lowest BCUT2D eigenvalue weighted by Gasteiger charge is -2.15. The molecule has 1 heterocycles. The van der Waals surface area contributed by atoms with Gasteiger partial charge in [-0.2, -0.15) is 0 Å². The van der Waals surface area contributed by atoms with Gasteiger partial charge in [0.2, 0.25) is 11.1 Å². The van der Waals surface area contributed by atoms with Crippen molar-refractivity contribution >= 4 is 23.4 Å². The number of methoxy groups -OCH3 is 2. The molecule has 1 unspecified atom stereocenters. The van der Waals surface area contributed by atoms with E-state index in [1.54, 1.807) is 44.0 Å². The molecule has 2 aromatic rings. The smallest absolute Gasteiger partial charge is 0.237 e. The maximum Gasteiger partial charge on any atom is 0.237 e. The third kappa shape index (κ3) is 4.16. The van der Waals surface area contributed by atoms with Gasteiger partial charge in [-0.15, -0.1) is 5.10 Å². The molecule has 0 aliphatic rings. The number of rotatable bonds is 7. The molecule has 1 aromatic carbocycles. The molecule has 1 aromatic heterocycles. The Kier molecular flexibility index (Phi) is 6.02. The number of benzene rings is 1. The molecule has 0 aliphatic heterocycles. The van der Waals surface area contributed by atoms with Crippen molar-refractivity contribution in [3.63, 3.8) is 0 Å². The Morgan fingerprint density at radius 2 is 2.00 bits per heavy atom. The molecule has 130 valence electrons. The Bertz CT molecular complexity index is 704. The minimum atomic E-state index is -0.385. The monoisotopic (exact) mass is 351 g/mol. The predicted octanol–water partition coefficient (Wildman–Crippen LogP) is 2.39. The summed E-state index contributed by atoms with van der Waals surface area (Å²) in [6.45, 7) is 5.75. The van der Waals surface area contributed by atoms with Gasteiger partial charge in [-0.1, -0.05) is 11.8 Å². The predicted molar refractivity (Wildman–Crippen MR) is 91.7 cm³/mol. The van der Waals surface area contributed by atoms with E-state index in [9.17, 15) is 4.79 Å². The summed E-state index contributed by atoms with van der Waals surface area (Å²) in [5.41, 5.74) is 0.553. The van der Waals surface area contributed by atoms with Crippen LogP contribution in [0.3, 0.4) is 0 Å². The van der Waals surface area contributed by atoms with Gasteiger partial charge in [-0.3, -0.25) is 4.79 Å². The van der Waals surface area contributed by atoms with Crippen LogP contribution >= 0.6 is 11.8 Å². The van der Waals surface area contributed by atoms with Crippen molar-refractivity contribution in [1.29, 1.82) is 0 Å². The van der Waals surface area contributed by atoms with Crippen LogP contribution < -0.4 is 14.8 Å². The fourth-order valence-electron chi connectivity index (χ4n) is 1.94. The first-order valence-electron chi connectivity index (χ1n) is 7.43. The molecule has 0 fully saturated rings. The number of aromatic nitrogens is 4. The van der Waals surface area contributed by atoms with Crippen LogP contribution in [0.2, 0.25) is 0 Å². The molecule has 8 nitrogen and oxygen atoms in total. The summed E-state index contributed by atoms with van der Waals surface area (Å²) in [5, 5.41) is 14.6. The number of nitrogens with one attached hydrogen (secondary N) is 1. The van der Waals surface area contributed by atoms with E-state index in [0.29, 0.717) is 22.3 Å². The summed E-state index contributed by atoms with van der Waals surface area (Å²) >= 11 is 1.30. The molecule has 1 amide bonds. The van der Waals surface area contributed by atoms with Crippen LogP contribution in [0.5, 0.6) is 11.5 Å². The molecule has 0 aliphatic carbocycles. The van der Waals surface area contributed by atoms with E-state index in [-0.39, 0.29) is 17.2 Å². The Labute approximate surface area is 144 Å². The van der Waals surface area contributed by atoms with Gasteiger partial charge in [-0.05, 0) is 43.3 Å². The molecule has 0 bridgehead atoms. The standard InChI is InChI=1S/C15H21N5O3S/c1-9(2)20-15(17-18-19-20)24-10(3)14(21)16-12-8-11(22-4)6-7-13(12)23-5/h6-10H,1-5H3,(H,16,21). The third-order valence-electron chi connectivity index (χ3n) is 3.27. The van der Waals surface area contributed by atoms with Crippen LogP contribution in [-0.2, 0) is 4.79 Å². The minimum absolute atomic E-state index is 0.122. The van der Waals surface area contributed by atoms with Crippen molar-refractivity contribution in [3.8, 4) is 11.5 Å². The lowest BCUT2D eigenvalue weighted by Crippen LogP contribution is -2.23. The van der Waals surface area contributed by atoms with Crippen LogP contribution in [0.4, 0.5) is 5.69 Å². The number of thioether (sulfide) groups is 1. The van der Waals surface area contributed by atoms with Crippen LogP contribution in [0, 0.1) is 0 Å². The summed E-state index contributed by atoms with van der Waals surface area (Å²) in [7, 11) is 3.12. The van der Waals surface area contributed by atoms with Crippen LogP contribution in [-0.4, -0.2) is 45.6 Å². The Hall–Kier alpha value is -2.29. The molecular weight excluding hydrogens is 330 g/mol. The number of nitrogens with zero attached hydrogens (tertiary/aromatic N) is 4. The Balaban J connectivity index is 2.10. The van der Waals surface area contributed by atoms with Gasteiger partial charge in [0.05, 0.1) is 31.2 Å². The summed E-state index contributed by atoms with van der Waals surface area (Å²) in [6.07, 6.45) is 0. The third-order valence-corrected chi connectivity index (χ3v) is 4.31. The van der Waals surface area contributed by atoms with E-state index < -0.39 is 0 Å². The number of hydrogen-bond donors (Lipinski definition) is 1. The van der Waals surface area contributed by atoms with Gasteiger partial charge >= 0.3 is 0 Å². The Morgan fingerprint density at radius 3 is 2.62 bits per heavy atom. The van der Waals surface area contributed by atoms with E-state index in [1.165, 1.54) is 11.8 Å². The van der Waals surface area contributed by atoms with Crippen LogP contribution in [0.25, 0.3) is 0 Å². The van der Waals surface area contributed by atoms with Crippen molar-refractivity contribution in [3.05, 3.63) is 18.2 Å². The summed E-state index contributed by atoms with van der Waals surface area (Å²) in [6, 6.07) is 5.35. The second-order valence-electron chi connectivity index (χ2n) is 5.32. The highest BCUT2D eigenvalue weighted by Crippen LogP contribution is 2.30. The molecule has 1 N–H and O–H groups in total. The fraction of sp³-hybridized carbons (Fsp3) is 0.467. The minimum Gasteiger partial charge on any atom is -0.497 e. The van der Waals surface area contributed by atoms with Crippen molar-refractivity contribution in [2.45, 2.75) is 37.2 Å². The van der Waals surface area contributed by atoms with E-state index >= 15 is 0 Å². The highest BCUT2D eigenvalue weighted by atomic mass is 32.2. The van der Waals surface area contributed by atoms with Crippen LogP contribution in [0.15, 0.2) is 23.4 Å². The normalized spacial score (nSPS) is 12.1. The highest BCUT2D eigenvalue weighted by Gasteiger charge is 2.20. The topological polar surface area (TPSA) is 91.2 Å².